The molecule has 2 amide bonds. The van der Waals surface area contributed by atoms with E-state index in [0.717, 1.165) is 12.8 Å². The minimum absolute atomic E-state index is 0.0799. The number of benzene rings is 2. The standard InChI is InChI=1S/C20H22BrClN2O3/c1-3-5-19(25)23-14-7-8-16(22)17(12-14)24-20(26)13-6-9-18(15(21)11-13)27-10-4-2/h6-9,11-12H,3-5,10H2,1-2H3,(H,23,25)(H,24,26). The quantitative estimate of drug-likeness (QED) is 0.524. The third-order valence-electron chi connectivity index (χ3n) is 3.63. The zero-order valence-electron chi connectivity index (χ0n) is 15.3. The van der Waals surface area contributed by atoms with Crippen LogP contribution in [-0.2, 0) is 4.79 Å². The van der Waals surface area contributed by atoms with Gasteiger partial charge in [0.2, 0.25) is 5.91 Å². The Bertz CT molecular complexity index is 827. The summed E-state index contributed by atoms with van der Waals surface area (Å²) in [6.45, 7) is 4.57. The molecule has 0 aliphatic rings. The SMILES string of the molecule is CCCOc1ccc(C(=O)Nc2cc(NC(=O)CCC)ccc2Cl)cc1Br. The molecule has 5 nitrogen and oxygen atoms in total. The van der Waals surface area contributed by atoms with Crippen molar-refractivity contribution in [2.24, 2.45) is 0 Å². The van der Waals surface area contributed by atoms with Gasteiger partial charge in [-0.2, -0.15) is 0 Å². The molecular weight excluding hydrogens is 432 g/mol. The minimum Gasteiger partial charge on any atom is -0.492 e. The van der Waals surface area contributed by atoms with Gasteiger partial charge in [0.1, 0.15) is 5.75 Å². The molecule has 0 radical (unpaired) electrons. The Morgan fingerprint density at radius 3 is 2.52 bits per heavy atom. The van der Waals surface area contributed by atoms with E-state index in [2.05, 4.69) is 26.6 Å². The molecule has 0 atom stereocenters. The van der Waals surface area contributed by atoms with Crippen LogP contribution in [0.1, 0.15) is 43.5 Å². The average molecular weight is 454 g/mol. The van der Waals surface area contributed by atoms with Crippen LogP contribution in [0.3, 0.4) is 0 Å². The Hall–Kier alpha value is -2.05. The Labute approximate surface area is 172 Å². The number of amides is 2. The largest absolute Gasteiger partial charge is 0.492 e. The average Bonchev–Trinajstić information content (AvgIpc) is 2.63. The summed E-state index contributed by atoms with van der Waals surface area (Å²) in [7, 11) is 0. The number of nitrogens with one attached hydrogen (secondary N) is 2. The van der Waals surface area contributed by atoms with Crippen molar-refractivity contribution >= 4 is 50.7 Å². The molecule has 0 bridgehead atoms. The lowest BCUT2D eigenvalue weighted by molar-refractivity contribution is -0.116. The van der Waals surface area contributed by atoms with Crippen molar-refractivity contribution in [1.82, 2.24) is 0 Å². The Morgan fingerprint density at radius 1 is 1.07 bits per heavy atom. The van der Waals surface area contributed by atoms with Crippen molar-refractivity contribution in [3.8, 4) is 5.75 Å². The second kappa shape index (κ2) is 10.3. The Kier molecular flexibility index (Phi) is 8.13. The number of halogens is 2. The third kappa shape index (κ3) is 6.26. The highest BCUT2D eigenvalue weighted by Crippen LogP contribution is 2.29. The molecule has 2 aromatic rings. The second-order valence-corrected chi connectivity index (χ2v) is 7.20. The maximum atomic E-state index is 12.6. The lowest BCUT2D eigenvalue weighted by Gasteiger charge is -2.12. The van der Waals surface area contributed by atoms with Gasteiger partial charge in [-0.25, -0.2) is 0 Å². The van der Waals surface area contributed by atoms with Gasteiger partial charge in [-0.1, -0.05) is 25.4 Å². The molecule has 27 heavy (non-hydrogen) atoms. The van der Waals surface area contributed by atoms with E-state index < -0.39 is 0 Å². The molecule has 7 heteroatoms. The predicted octanol–water partition coefficient (Wildman–Crippen LogP) is 5.88. The molecule has 0 spiro atoms. The second-order valence-electron chi connectivity index (χ2n) is 5.94. The van der Waals surface area contributed by atoms with Crippen LogP contribution in [0.2, 0.25) is 5.02 Å². The van der Waals surface area contributed by atoms with Crippen LogP contribution in [0.4, 0.5) is 11.4 Å². The maximum absolute atomic E-state index is 12.6. The maximum Gasteiger partial charge on any atom is 0.255 e. The van der Waals surface area contributed by atoms with Gasteiger partial charge in [0.05, 0.1) is 21.8 Å². The summed E-state index contributed by atoms with van der Waals surface area (Å²) in [4.78, 5) is 24.3. The Balaban J connectivity index is 2.12. The van der Waals surface area contributed by atoms with Gasteiger partial charge in [0.15, 0.2) is 0 Å². The summed E-state index contributed by atoms with van der Waals surface area (Å²) in [5.74, 6) is 0.299. The van der Waals surface area contributed by atoms with Gasteiger partial charge >= 0.3 is 0 Å². The molecule has 0 unspecified atom stereocenters. The highest BCUT2D eigenvalue weighted by Gasteiger charge is 2.12. The summed E-state index contributed by atoms with van der Waals surface area (Å²) in [5.41, 5.74) is 1.47. The molecule has 0 saturated heterocycles. The normalized spacial score (nSPS) is 10.4. The number of carbonyl (C=O) groups is 2. The number of anilines is 2. The molecule has 2 aromatic carbocycles. The zero-order valence-corrected chi connectivity index (χ0v) is 17.6. The van der Waals surface area contributed by atoms with Gasteiger partial charge < -0.3 is 15.4 Å². The monoisotopic (exact) mass is 452 g/mol. The Morgan fingerprint density at radius 2 is 1.85 bits per heavy atom. The van der Waals surface area contributed by atoms with Gasteiger partial charge in [-0.3, -0.25) is 9.59 Å². The van der Waals surface area contributed by atoms with Crippen LogP contribution in [0.5, 0.6) is 5.75 Å². The van der Waals surface area contributed by atoms with Crippen LogP contribution in [-0.4, -0.2) is 18.4 Å². The van der Waals surface area contributed by atoms with Crippen LogP contribution < -0.4 is 15.4 Å². The van der Waals surface area contributed by atoms with Crippen molar-refractivity contribution in [3.63, 3.8) is 0 Å². The first-order valence-electron chi connectivity index (χ1n) is 8.77. The topological polar surface area (TPSA) is 67.4 Å². The predicted molar refractivity (Wildman–Crippen MR) is 113 cm³/mol. The first-order chi connectivity index (χ1) is 12.9. The summed E-state index contributed by atoms with van der Waals surface area (Å²) < 4.78 is 6.29. The lowest BCUT2D eigenvalue weighted by Crippen LogP contribution is -2.14. The molecule has 144 valence electrons. The summed E-state index contributed by atoms with van der Waals surface area (Å²) in [5, 5.41) is 5.95. The lowest BCUT2D eigenvalue weighted by atomic mass is 10.2. The third-order valence-corrected chi connectivity index (χ3v) is 4.58. The van der Waals surface area contributed by atoms with E-state index in [0.29, 0.717) is 45.2 Å². The first kappa shape index (κ1) is 21.3. The highest BCUT2D eigenvalue weighted by molar-refractivity contribution is 9.10. The van der Waals surface area contributed by atoms with Gasteiger partial charge in [-0.05, 0) is 65.2 Å². The molecule has 2 N–H and O–H groups in total. The summed E-state index contributed by atoms with van der Waals surface area (Å²) >= 11 is 9.60. The highest BCUT2D eigenvalue weighted by atomic mass is 79.9. The number of hydrogen-bond acceptors (Lipinski definition) is 3. The zero-order chi connectivity index (χ0) is 19.8. The number of ether oxygens (including phenoxy) is 1. The van der Waals surface area contributed by atoms with Crippen LogP contribution in [0, 0.1) is 0 Å². The van der Waals surface area contributed by atoms with E-state index in [1.165, 1.54) is 0 Å². The fourth-order valence-electron chi connectivity index (χ4n) is 2.32. The summed E-state index contributed by atoms with van der Waals surface area (Å²) in [6, 6.07) is 10.1. The van der Waals surface area contributed by atoms with Gasteiger partial charge in [0.25, 0.3) is 5.91 Å². The van der Waals surface area contributed by atoms with E-state index in [1.54, 1.807) is 36.4 Å². The molecular formula is C20H22BrClN2O3. The number of rotatable bonds is 8. The van der Waals surface area contributed by atoms with Crippen molar-refractivity contribution in [1.29, 1.82) is 0 Å². The molecule has 0 fully saturated rings. The van der Waals surface area contributed by atoms with E-state index >= 15 is 0 Å². The van der Waals surface area contributed by atoms with Crippen molar-refractivity contribution in [2.75, 3.05) is 17.2 Å². The van der Waals surface area contributed by atoms with Crippen molar-refractivity contribution in [2.45, 2.75) is 33.1 Å². The smallest absolute Gasteiger partial charge is 0.255 e. The molecule has 0 aliphatic heterocycles. The van der Waals surface area contributed by atoms with Crippen LogP contribution in [0.15, 0.2) is 40.9 Å². The van der Waals surface area contributed by atoms with E-state index in [4.69, 9.17) is 16.3 Å². The molecule has 0 aliphatic carbocycles. The molecule has 0 saturated carbocycles. The van der Waals surface area contributed by atoms with Crippen LogP contribution >= 0.6 is 27.5 Å². The number of carbonyl (C=O) groups excluding carboxylic acids is 2. The van der Waals surface area contributed by atoms with E-state index in [-0.39, 0.29) is 11.8 Å². The van der Waals surface area contributed by atoms with E-state index in [9.17, 15) is 9.59 Å². The van der Waals surface area contributed by atoms with Gasteiger partial charge in [-0.15, -0.1) is 0 Å². The minimum atomic E-state index is -0.309. The molecule has 0 heterocycles. The van der Waals surface area contributed by atoms with Gasteiger partial charge in [0, 0.05) is 17.7 Å². The van der Waals surface area contributed by atoms with Crippen LogP contribution in [0.25, 0.3) is 0 Å². The van der Waals surface area contributed by atoms with E-state index in [1.807, 2.05) is 13.8 Å². The fourth-order valence-corrected chi connectivity index (χ4v) is 2.97. The summed E-state index contributed by atoms with van der Waals surface area (Å²) in [6.07, 6.45) is 2.10. The molecule has 2 rings (SSSR count). The first-order valence-corrected chi connectivity index (χ1v) is 9.94. The fraction of sp³-hybridized carbons (Fsp3) is 0.300. The molecule has 0 aromatic heterocycles. The number of hydrogen-bond donors (Lipinski definition) is 2. The van der Waals surface area contributed by atoms with Crippen molar-refractivity contribution < 1.29 is 14.3 Å². The van der Waals surface area contributed by atoms with Crippen molar-refractivity contribution in [3.05, 3.63) is 51.5 Å².